The minimum Gasteiger partial charge on any atom is -0.469 e. The largest absolute Gasteiger partial charge is 0.469 e. The zero-order valence-corrected chi connectivity index (χ0v) is 18.0. The van der Waals surface area contributed by atoms with Gasteiger partial charge in [-0.05, 0) is 55.7 Å². The van der Waals surface area contributed by atoms with Crippen LogP contribution in [0.1, 0.15) is 11.1 Å². The van der Waals surface area contributed by atoms with Gasteiger partial charge < -0.3 is 9.47 Å². The Hall–Kier alpha value is -1.96. The molecule has 0 N–H and O–H groups in total. The Morgan fingerprint density at radius 2 is 1.44 bits per heavy atom. The lowest BCUT2D eigenvalue weighted by Crippen LogP contribution is -2.04. The summed E-state index contributed by atoms with van der Waals surface area (Å²) < 4.78 is 10.5. The molecule has 0 aliphatic carbocycles. The van der Waals surface area contributed by atoms with Crippen molar-refractivity contribution in [1.82, 2.24) is 0 Å². The van der Waals surface area contributed by atoms with E-state index in [1.807, 2.05) is 41.8 Å². The molecule has 7 heteroatoms. The summed E-state index contributed by atoms with van der Waals surface area (Å²) in [5.74, 6) is -0.508. The van der Waals surface area contributed by atoms with E-state index in [-0.39, 0.29) is 24.8 Å². The fourth-order valence-electron chi connectivity index (χ4n) is 2.73. The monoisotopic (exact) mass is 464 g/mol. The van der Waals surface area contributed by atoms with E-state index in [1.54, 1.807) is 22.7 Å². The fraction of sp³-hybridized carbons (Fsp3) is 0.200. The van der Waals surface area contributed by atoms with Crippen LogP contribution in [0.4, 0.5) is 0 Å². The van der Waals surface area contributed by atoms with Crippen molar-refractivity contribution in [3.8, 4) is 20.9 Å². The second-order valence-electron chi connectivity index (χ2n) is 5.76. The molecule has 0 aliphatic rings. The molecule has 0 unspecified atom stereocenters. The summed E-state index contributed by atoms with van der Waals surface area (Å²) in [7, 11) is 2.79. The number of ether oxygens (including phenoxy) is 2. The Labute approximate surface area is 173 Å². The van der Waals surface area contributed by atoms with Crippen LogP contribution >= 0.6 is 38.6 Å². The highest BCUT2D eigenvalue weighted by atomic mass is 79.9. The Kier molecular flexibility index (Phi) is 6.46. The summed E-state index contributed by atoms with van der Waals surface area (Å²) >= 11 is 6.69. The number of carbonyl (C=O) groups is 2. The minimum atomic E-state index is -0.260. The number of methoxy groups -OCH3 is 2. The second-order valence-corrected chi connectivity index (χ2v) is 9.11. The van der Waals surface area contributed by atoms with Crippen molar-refractivity contribution in [3.05, 3.63) is 56.7 Å². The van der Waals surface area contributed by atoms with Gasteiger partial charge in [-0.1, -0.05) is 24.3 Å². The molecule has 0 aliphatic heterocycles. The third kappa shape index (κ3) is 4.66. The molecule has 0 saturated heterocycles. The molecule has 2 aromatic heterocycles. The van der Waals surface area contributed by atoms with Gasteiger partial charge in [-0.25, -0.2) is 0 Å². The summed E-state index contributed by atoms with van der Waals surface area (Å²) in [6.07, 6.45) is 0.502. The van der Waals surface area contributed by atoms with E-state index in [9.17, 15) is 9.59 Å². The van der Waals surface area contributed by atoms with Crippen LogP contribution in [-0.2, 0) is 31.9 Å². The van der Waals surface area contributed by atoms with Gasteiger partial charge in [0.1, 0.15) is 0 Å². The highest BCUT2D eigenvalue weighted by molar-refractivity contribution is 9.11. The predicted molar refractivity (Wildman–Crippen MR) is 112 cm³/mol. The quantitative estimate of drug-likeness (QED) is 0.462. The predicted octanol–water partition coefficient (Wildman–Crippen LogP) is 5.34. The van der Waals surface area contributed by atoms with Gasteiger partial charge in [0, 0.05) is 9.75 Å². The topological polar surface area (TPSA) is 52.6 Å². The van der Waals surface area contributed by atoms with Crippen LogP contribution in [0.15, 0.2) is 45.6 Å². The number of esters is 2. The highest BCUT2D eigenvalue weighted by Crippen LogP contribution is 2.38. The molecule has 3 aromatic rings. The maximum absolute atomic E-state index is 11.7. The Morgan fingerprint density at radius 3 is 2.04 bits per heavy atom. The first-order valence-corrected chi connectivity index (χ1v) is 10.6. The molecule has 0 atom stereocenters. The van der Waals surface area contributed by atoms with Gasteiger partial charge in [0.05, 0.1) is 30.8 Å². The smallest absolute Gasteiger partial charge is 0.310 e. The van der Waals surface area contributed by atoms with Gasteiger partial charge in [0.15, 0.2) is 0 Å². The Morgan fingerprint density at radius 1 is 0.889 bits per heavy atom. The number of halogens is 1. The van der Waals surface area contributed by atoms with Crippen LogP contribution in [0.25, 0.3) is 20.9 Å². The fourth-order valence-corrected chi connectivity index (χ4v) is 5.33. The van der Waals surface area contributed by atoms with E-state index in [1.165, 1.54) is 14.2 Å². The van der Waals surface area contributed by atoms with Crippen LogP contribution in [0.3, 0.4) is 0 Å². The summed E-state index contributed by atoms with van der Waals surface area (Å²) in [4.78, 5) is 25.4. The molecule has 27 heavy (non-hydrogen) atoms. The van der Waals surface area contributed by atoms with Crippen LogP contribution in [0.5, 0.6) is 0 Å². The van der Waals surface area contributed by atoms with Crippen molar-refractivity contribution in [2.45, 2.75) is 12.8 Å². The molecule has 2 heterocycles. The van der Waals surface area contributed by atoms with E-state index >= 15 is 0 Å². The lowest BCUT2D eigenvalue weighted by atomic mass is 10.0. The first-order valence-electron chi connectivity index (χ1n) is 8.10. The molecule has 140 valence electrons. The van der Waals surface area contributed by atoms with E-state index in [0.717, 1.165) is 35.8 Å². The molecule has 0 spiro atoms. The third-order valence-corrected chi connectivity index (χ3v) is 6.80. The van der Waals surface area contributed by atoms with Gasteiger partial charge in [-0.2, -0.15) is 0 Å². The molecule has 0 fully saturated rings. The van der Waals surface area contributed by atoms with Crippen LogP contribution < -0.4 is 0 Å². The first kappa shape index (κ1) is 19.8. The lowest BCUT2D eigenvalue weighted by molar-refractivity contribution is -0.140. The van der Waals surface area contributed by atoms with Gasteiger partial charge >= 0.3 is 11.9 Å². The number of carbonyl (C=O) groups excluding carboxylic acids is 2. The Balaban J connectivity index is 1.88. The number of hydrogen-bond acceptors (Lipinski definition) is 6. The van der Waals surface area contributed by atoms with Crippen LogP contribution in [0.2, 0.25) is 0 Å². The number of benzene rings is 1. The van der Waals surface area contributed by atoms with Crippen LogP contribution in [0, 0.1) is 0 Å². The summed E-state index contributed by atoms with van der Waals surface area (Å²) in [5.41, 5.74) is 4.00. The van der Waals surface area contributed by atoms with Crippen molar-refractivity contribution in [3.63, 3.8) is 0 Å². The zero-order chi connectivity index (χ0) is 19.4. The molecule has 0 amide bonds. The standard InChI is InChI=1S/C20H17BrO4S2/c1-24-17(22)10-14-7-8-26-19(14)12-3-5-13(6-4-12)20-15(9-16(21)27-20)11-18(23)25-2/h3-9H,10-11H2,1-2H3. The molecule has 1 aromatic carbocycles. The van der Waals surface area contributed by atoms with Gasteiger partial charge in [-0.3, -0.25) is 9.59 Å². The summed E-state index contributed by atoms with van der Waals surface area (Å²) in [6.45, 7) is 0. The Bertz CT molecular complexity index is 957. The van der Waals surface area contributed by atoms with Crippen molar-refractivity contribution >= 4 is 50.5 Å². The molecule has 3 rings (SSSR count). The summed E-state index contributed by atoms with van der Waals surface area (Å²) in [5, 5.41) is 1.98. The molecule has 0 bridgehead atoms. The number of hydrogen-bond donors (Lipinski definition) is 0. The number of rotatable bonds is 6. The molecular formula is C20H17BrO4S2. The van der Waals surface area contributed by atoms with Gasteiger partial charge in [0.2, 0.25) is 0 Å². The van der Waals surface area contributed by atoms with Gasteiger partial charge in [0.25, 0.3) is 0 Å². The normalized spacial score (nSPS) is 10.6. The van der Waals surface area contributed by atoms with Crippen molar-refractivity contribution in [1.29, 1.82) is 0 Å². The van der Waals surface area contributed by atoms with E-state index in [0.29, 0.717) is 0 Å². The van der Waals surface area contributed by atoms with Crippen molar-refractivity contribution in [2.75, 3.05) is 14.2 Å². The summed E-state index contributed by atoms with van der Waals surface area (Å²) in [6, 6.07) is 12.1. The minimum absolute atomic E-state index is 0.240. The molecule has 0 radical (unpaired) electrons. The van der Waals surface area contributed by atoms with E-state index < -0.39 is 0 Å². The average molecular weight is 465 g/mol. The van der Waals surface area contributed by atoms with Crippen molar-refractivity contribution < 1.29 is 19.1 Å². The highest BCUT2D eigenvalue weighted by Gasteiger charge is 2.15. The SMILES string of the molecule is COC(=O)Cc1ccsc1-c1ccc(-c2sc(Br)cc2CC(=O)OC)cc1. The molecule has 0 saturated carbocycles. The zero-order valence-electron chi connectivity index (χ0n) is 14.8. The third-order valence-electron chi connectivity index (χ3n) is 4.06. The maximum Gasteiger partial charge on any atom is 0.310 e. The average Bonchev–Trinajstić information content (AvgIpc) is 3.28. The van der Waals surface area contributed by atoms with E-state index in [4.69, 9.17) is 9.47 Å². The molecule has 4 nitrogen and oxygen atoms in total. The number of thiophene rings is 2. The lowest BCUT2D eigenvalue weighted by Gasteiger charge is -2.06. The van der Waals surface area contributed by atoms with Crippen molar-refractivity contribution in [2.24, 2.45) is 0 Å². The molecular weight excluding hydrogens is 448 g/mol. The first-order chi connectivity index (χ1) is 13.0. The second kappa shape index (κ2) is 8.82. The van der Waals surface area contributed by atoms with Gasteiger partial charge in [-0.15, -0.1) is 22.7 Å². The van der Waals surface area contributed by atoms with E-state index in [2.05, 4.69) is 15.9 Å². The maximum atomic E-state index is 11.7. The van der Waals surface area contributed by atoms with Crippen LogP contribution in [-0.4, -0.2) is 26.2 Å².